The molecule has 0 N–H and O–H groups in total. The molecule has 0 bridgehead atoms. The highest BCUT2D eigenvalue weighted by Gasteiger charge is 2.20. The highest BCUT2D eigenvalue weighted by molar-refractivity contribution is 5.92. The third kappa shape index (κ3) is 2.52. The molecule has 0 unspecified atom stereocenters. The molecule has 0 atom stereocenters. The molecule has 5 heteroatoms. The van der Waals surface area contributed by atoms with E-state index in [4.69, 9.17) is 9.47 Å². The zero-order valence-corrected chi connectivity index (χ0v) is 12.1. The highest BCUT2D eigenvalue weighted by atomic mass is 16.5. The quantitative estimate of drug-likeness (QED) is 0.804. The van der Waals surface area contributed by atoms with E-state index in [1.165, 1.54) is 0 Å². The monoisotopic (exact) mass is 274 g/mol. The molecule has 5 nitrogen and oxygen atoms in total. The molecule has 1 heterocycles. The largest absolute Gasteiger partial charge is 0.497 e. The van der Waals surface area contributed by atoms with Crippen molar-refractivity contribution >= 4 is 5.97 Å². The molecule has 0 aliphatic rings. The number of methoxy groups -OCH3 is 1. The minimum Gasteiger partial charge on any atom is -0.497 e. The van der Waals surface area contributed by atoms with Crippen LogP contribution in [0.3, 0.4) is 0 Å². The van der Waals surface area contributed by atoms with Crippen molar-refractivity contribution in [1.29, 1.82) is 0 Å². The number of aromatic nitrogens is 2. The lowest BCUT2D eigenvalue weighted by Gasteiger charge is -2.07. The molecule has 1 aromatic carbocycles. The minimum atomic E-state index is -0.336. The van der Waals surface area contributed by atoms with Gasteiger partial charge in [0.05, 0.1) is 30.8 Å². The van der Waals surface area contributed by atoms with Gasteiger partial charge >= 0.3 is 5.97 Å². The van der Waals surface area contributed by atoms with Crippen molar-refractivity contribution in [2.75, 3.05) is 13.7 Å². The second kappa shape index (κ2) is 5.77. The van der Waals surface area contributed by atoms with Crippen LogP contribution in [0.25, 0.3) is 5.69 Å². The Morgan fingerprint density at radius 3 is 2.75 bits per heavy atom. The molecule has 0 spiro atoms. The molecule has 20 heavy (non-hydrogen) atoms. The van der Waals surface area contributed by atoms with E-state index in [0.717, 1.165) is 17.1 Å². The first-order valence-electron chi connectivity index (χ1n) is 6.46. The van der Waals surface area contributed by atoms with Gasteiger partial charge in [0.25, 0.3) is 0 Å². The lowest BCUT2D eigenvalue weighted by Crippen LogP contribution is -2.07. The van der Waals surface area contributed by atoms with Gasteiger partial charge in [0.1, 0.15) is 11.3 Å². The summed E-state index contributed by atoms with van der Waals surface area (Å²) < 4.78 is 12.0. The molecular weight excluding hydrogens is 256 g/mol. The Hall–Kier alpha value is -2.30. The van der Waals surface area contributed by atoms with Crippen LogP contribution >= 0.6 is 0 Å². The first kappa shape index (κ1) is 14.1. The van der Waals surface area contributed by atoms with Crippen molar-refractivity contribution in [2.45, 2.75) is 20.8 Å². The normalized spacial score (nSPS) is 10.4. The van der Waals surface area contributed by atoms with Crippen LogP contribution in [0.2, 0.25) is 0 Å². The average Bonchev–Trinajstić information content (AvgIpc) is 2.74. The predicted molar refractivity (Wildman–Crippen MR) is 75.5 cm³/mol. The van der Waals surface area contributed by atoms with Crippen LogP contribution in [0.4, 0.5) is 0 Å². The number of hydrogen-bond donors (Lipinski definition) is 0. The van der Waals surface area contributed by atoms with Crippen LogP contribution in [0.15, 0.2) is 24.3 Å². The first-order valence-corrected chi connectivity index (χ1v) is 6.46. The number of carbonyl (C=O) groups is 1. The summed E-state index contributed by atoms with van der Waals surface area (Å²) in [6.45, 7) is 5.79. The Labute approximate surface area is 118 Å². The van der Waals surface area contributed by atoms with Crippen LogP contribution in [0.1, 0.15) is 28.7 Å². The predicted octanol–water partition coefficient (Wildman–Crippen LogP) is 2.67. The summed E-state index contributed by atoms with van der Waals surface area (Å²) in [7, 11) is 1.62. The van der Waals surface area contributed by atoms with Crippen molar-refractivity contribution in [3.05, 3.63) is 41.2 Å². The van der Waals surface area contributed by atoms with E-state index in [1.807, 2.05) is 31.2 Å². The number of hydrogen-bond acceptors (Lipinski definition) is 4. The molecule has 1 aromatic heterocycles. The Kier molecular flexibility index (Phi) is 4.08. The van der Waals surface area contributed by atoms with Crippen LogP contribution in [-0.2, 0) is 4.74 Å². The third-order valence-corrected chi connectivity index (χ3v) is 3.07. The van der Waals surface area contributed by atoms with Gasteiger partial charge in [-0.05, 0) is 32.9 Å². The molecule has 0 saturated heterocycles. The van der Waals surface area contributed by atoms with Gasteiger partial charge in [-0.3, -0.25) is 0 Å². The number of rotatable bonds is 4. The molecule has 0 aliphatic carbocycles. The van der Waals surface area contributed by atoms with Gasteiger partial charge in [0.15, 0.2) is 0 Å². The maximum Gasteiger partial charge on any atom is 0.341 e. The SMILES string of the molecule is CCOC(=O)c1c(C)nn(-c2cccc(OC)c2)c1C. The van der Waals surface area contributed by atoms with Crippen LogP contribution in [-0.4, -0.2) is 29.5 Å². The van der Waals surface area contributed by atoms with Gasteiger partial charge < -0.3 is 9.47 Å². The minimum absolute atomic E-state index is 0.336. The maximum absolute atomic E-state index is 12.0. The lowest BCUT2D eigenvalue weighted by molar-refractivity contribution is 0.0524. The van der Waals surface area contributed by atoms with E-state index < -0.39 is 0 Å². The van der Waals surface area contributed by atoms with Crippen molar-refractivity contribution in [1.82, 2.24) is 9.78 Å². The molecule has 0 fully saturated rings. The first-order chi connectivity index (χ1) is 9.58. The van der Waals surface area contributed by atoms with E-state index in [9.17, 15) is 4.79 Å². The van der Waals surface area contributed by atoms with E-state index in [-0.39, 0.29) is 5.97 Å². The molecular formula is C15H18N2O3. The number of carbonyl (C=O) groups excluding carboxylic acids is 1. The average molecular weight is 274 g/mol. The Bertz CT molecular complexity index is 632. The van der Waals surface area contributed by atoms with Gasteiger partial charge in [-0.25, -0.2) is 9.48 Å². The zero-order chi connectivity index (χ0) is 14.7. The summed E-state index contributed by atoms with van der Waals surface area (Å²) in [6.07, 6.45) is 0. The van der Waals surface area contributed by atoms with Gasteiger partial charge in [-0.1, -0.05) is 6.07 Å². The van der Waals surface area contributed by atoms with Crippen molar-refractivity contribution < 1.29 is 14.3 Å². The van der Waals surface area contributed by atoms with Crippen LogP contribution < -0.4 is 4.74 Å². The van der Waals surface area contributed by atoms with E-state index >= 15 is 0 Å². The second-order valence-corrected chi connectivity index (χ2v) is 4.38. The molecule has 0 amide bonds. The fourth-order valence-electron chi connectivity index (χ4n) is 2.13. The van der Waals surface area contributed by atoms with Crippen LogP contribution in [0.5, 0.6) is 5.75 Å². The fourth-order valence-corrected chi connectivity index (χ4v) is 2.13. The topological polar surface area (TPSA) is 53.3 Å². The molecule has 0 aliphatic heterocycles. The summed E-state index contributed by atoms with van der Waals surface area (Å²) in [5, 5.41) is 4.42. The molecule has 2 aromatic rings. The number of ether oxygens (including phenoxy) is 2. The fraction of sp³-hybridized carbons (Fsp3) is 0.333. The summed E-state index contributed by atoms with van der Waals surface area (Å²) in [5.41, 5.74) is 2.79. The third-order valence-electron chi connectivity index (χ3n) is 3.07. The van der Waals surface area contributed by atoms with Crippen molar-refractivity contribution in [3.63, 3.8) is 0 Å². The standard InChI is InChI=1S/C15H18N2O3/c1-5-20-15(18)14-10(2)16-17(11(14)3)12-7-6-8-13(9-12)19-4/h6-9H,5H2,1-4H3. The molecule has 106 valence electrons. The second-order valence-electron chi connectivity index (χ2n) is 4.38. The van der Waals surface area contributed by atoms with Gasteiger partial charge in [0, 0.05) is 6.07 Å². The summed E-state index contributed by atoms with van der Waals surface area (Å²) in [6, 6.07) is 7.53. The smallest absolute Gasteiger partial charge is 0.341 e. The van der Waals surface area contributed by atoms with Gasteiger partial charge in [0.2, 0.25) is 0 Å². The van der Waals surface area contributed by atoms with Crippen molar-refractivity contribution in [3.8, 4) is 11.4 Å². The summed E-state index contributed by atoms with van der Waals surface area (Å²) in [4.78, 5) is 12.0. The zero-order valence-electron chi connectivity index (χ0n) is 12.1. The number of esters is 1. The maximum atomic E-state index is 12.0. The Morgan fingerprint density at radius 1 is 1.35 bits per heavy atom. The van der Waals surface area contributed by atoms with E-state index in [0.29, 0.717) is 17.9 Å². The summed E-state index contributed by atoms with van der Waals surface area (Å²) in [5.74, 6) is 0.407. The Morgan fingerprint density at radius 2 is 2.10 bits per heavy atom. The lowest BCUT2D eigenvalue weighted by atomic mass is 10.2. The number of benzene rings is 1. The molecule has 0 saturated carbocycles. The van der Waals surface area contributed by atoms with E-state index in [1.54, 1.807) is 25.6 Å². The number of aryl methyl sites for hydroxylation is 1. The molecule has 0 radical (unpaired) electrons. The van der Waals surface area contributed by atoms with E-state index in [2.05, 4.69) is 5.10 Å². The number of nitrogens with zero attached hydrogens (tertiary/aromatic N) is 2. The van der Waals surface area contributed by atoms with Gasteiger partial charge in [-0.15, -0.1) is 0 Å². The van der Waals surface area contributed by atoms with Gasteiger partial charge in [-0.2, -0.15) is 5.10 Å². The highest BCUT2D eigenvalue weighted by Crippen LogP contribution is 2.21. The molecule has 2 rings (SSSR count). The summed E-state index contributed by atoms with van der Waals surface area (Å²) >= 11 is 0. The Balaban J connectivity index is 2.48. The van der Waals surface area contributed by atoms with Crippen molar-refractivity contribution in [2.24, 2.45) is 0 Å². The van der Waals surface area contributed by atoms with Crippen LogP contribution in [0, 0.1) is 13.8 Å².